The van der Waals surface area contributed by atoms with E-state index in [0.29, 0.717) is 0 Å². The zero-order valence-electron chi connectivity index (χ0n) is 9.02. The van der Waals surface area contributed by atoms with E-state index in [9.17, 15) is 0 Å². The quantitative estimate of drug-likeness (QED) is 0.763. The number of hydrogen-bond acceptors (Lipinski definition) is 3. The molecule has 1 heterocycles. The zero-order valence-corrected chi connectivity index (χ0v) is 9.02. The predicted molar refractivity (Wildman–Crippen MR) is 57.2 cm³/mol. The van der Waals surface area contributed by atoms with Crippen molar-refractivity contribution in [2.24, 2.45) is 5.92 Å². The van der Waals surface area contributed by atoms with Crippen molar-refractivity contribution in [1.82, 2.24) is 20.1 Å². The lowest BCUT2D eigenvalue weighted by Crippen LogP contribution is -2.19. The maximum atomic E-state index is 4.30. The maximum Gasteiger partial charge on any atom is 0.140 e. The Morgan fingerprint density at radius 3 is 2.93 bits per heavy atom. The van der Waals surface area contributed by atoms with Crippen LogP contribution in [0.2, 0.25) is 0 Å². The topological polar surface area (TPSA) is 42.7 Å². The second-order valence-electron chi connectivity index (χ2n) is 4.79. The Bertz CT molecular complexity index is 295. The van der Waals surface area contributed by atoms with E-state index in [0.717, 1.165) is 30.9 Å². The van der Waals surface area contributed by atoms with Gasteiger partial charge in [0.15, 0.2) is 0 Å². The monoisotopic (exact) mass is 206 g/mol. The third-order valence-electron chi connectivity index (χ3n) is 3.27. The average Bonchev–Trinajstić information content (AvgIpc) is 3.14. The summed E-state index contributed by atoms with van der Waals surface area (Å²) < 4.78 is 2.06. The van der Waals surface area contributed by atoms with Gasteiger partial charge in [-0.05, 0) is 25.2 Å². The molecule has 15 heavy (non-hydrogen) atoms. The molecule has 0 aromatic carbocycles. The van der Waals surface area contributed by atoms with Gasteiger partial charge in [-0.15, -0.1) is 0 Å². The lowest BCUT2D eigenvalue weighted by molar-refractivity contribution is 0.508. The fourth-order valence-electron chi connectivity index (χ4n) is 1.85. The molecule has 82 valence electrons. The van der Waals surface area contributed by atoms with Crippen molar-refractivity contribution in [3.63, 3.8) is 0 Å². The molecule has 2 aliphatic carbocycles. The highest BCUT2D eigenvalue weighted by Crippen LogP contribution is 2.32. The average molecular weight is 206 g/mol. The van der Waals surface area contributed by atoms with Crippen LogP contribution in [0, 0.1) is 5.92 Å². The minimum atomic E-state index is 0.749. The van der Waals surface area contributed by atoms with Crippen LogP contribution in [-0.4, -0.2) is 20.8 Å². The third kappa shape index (κ3) is 2.56. The number of aromatic nitrogens is 3. The summed E-state index contributed by atoms with van der Waals surface area (Å²) in [5, 5.41) is 7.76. The summed E-state index contributed by atoms with van der Waals surface area (Å²) >= 11 is 0. The highest BCUT2D eigenvalue weighted by molar-refractivity contribution is 4.89. The molecule has 2 aliphatic rings. The van der Waals surface area contributed by atoms with Gasteiger partial charge in [0.2, 0.25) is 0 Å². The second-order valence-corrected chi connectivity index (χ2v) is 4.79. The molecular weight excluding hydrogens is 188 g/mol. The first-order valence-electron chi connectivity index (χ1n) is 6.02. The minimum Gasteiger partial charge on any atom is -0.307 e. The maximum absolute atomic E-state index is 4.30. The number of nitrogens with one attached hydrogen (secondary N) is 1. The van der Waals surface area contributed by atoms with Crippen LogP contribution >= 0.6 is 0 Å². The van der Waals surface area contributed by atoms with Gasteiger partial charge >= 0.3 is 0 Å². The van der Waals surface area contributed by atoms with Gasteiger partial charge < -0.3 is 5.32 Å². The van der Waals surface area contributed by atoms with Crippen LogP contribution in [-0.2, 0) is 13.1 Å². The van der Waals surface area contributed by atoms with Crippen molar-refractivity contribution in [3.05, 3.63) is 12.2 Å². The highest BCUT2D eigenvalue weighted by atomic mass is 15.3. The summed E-state index contributed by atoms with van der Waals surface area (Å²) in [6.07, 6.45) is 8.46. The van der Waals surface area contributed by atoms with Crippen molar-refractivity contribution >= 4 is 0 Å². The van der Waals surface area contributed by atoms with Crippen LogP contribution in [0.15, 0.2) is 6.33 Å². The van der Waals surface area contributed by atoms with Gasteiger partial charge in [-0.2, -0.15) is 5.10 Å². The van der Waals surface area contributed by atoms with Crippen LogP contribution in [0.4, 0.5) is 0 Å². The molecule has 0 bridgehead atoms. The van der Waals surface area contributed by atoms with Gasteiger partial charge in [0.05, 0.1) is 6.54 Å². The molecule has 0 atom stereocenters. The number of hydrogen-bond donors (Lipinski definition) is 1. The van der Waals surface area contributed by atoms with E-state index in [1.165, 1.54) is 32.1 Å². The van der Waals surface area contributed by atoms with E-state index in [-0.39, 0.29) is 0 Å². The summed E-state index contributed by atoms with van der Waals surface area (Å²) in [5.41, 5.74) is 0. The molecule has 0 amide bonds. The van der Waals surface area contributed by atoms with E-state index in [4.69, 9.17) is 0 Å². The molecule has 4 heteroatoms. The van der Waals surface area contributed by atoms with Crippen molar-refractivity contribution in [2.75, 3.05) is 0 Å². The van der Waals surface area contributed by atoms with Crippen LogP contribution in [0.5, 0.6) is 0 Å². The zero-order chi connectivity index (χ0) is 10.1. The Kier molecular flexibility index (Phi) is 2.44. The van der Waals surface area contributed by atoms with Crippen molar-refractivity contribution in [3.8, 4) is 0 Å². The minimum absolute atomic E-state index is 0.749. The molecule has 4 nitrogen and oxygen atoms in total. The van der Waals surface area contributed by atoms with E-state index >= 15 is 0 Å². The molecule has 0 unspecified atom stereocenters. The first kappa shape index (κ1) is 9.33. The van der Waals surface area contributed by atoms with Crippen LogP contribution in [0.25, 0.3) is 0 Å². The smallest absolute Gasteiger partial charge is 0.140 e. The lowest BCUT2D eigenvalue weighted by atomic mass is 10.3. The van der Waals surface area contributed by atoms with Gasteiger partial charge in [0, 0.05) is 12.6 Å². The van der Waals surface area contributed by atoms with Crippen LogP contribution < -0.4 is 5.32 Å². The Morgan fingerprint density at radius 2 is 2.20 bits per heavy atom. The molecule has 1 N–H and O–H groups in total. The summed E-state index contributed by atoms with van der Waals surface area (Å²) in [6, 6.07) is 0.749. The summed E-state index contributed by atoms with van der Waals surface area (Å²) in [5.74, 6) is 2.07. The number of aryl methyl sites for hydroxylation is 1. The lowest BCUT2D eigenvalue weighted by Gasteiger charge is -2.05. The SMILES string of the molecule is c1nc(CNC2CC2)n(CCC2CC2)n1. The van der Waals surface area contributed by atoms with E-state index in [2.05, 4.69) is 20.1 Å². The fraction of sp³-hybridized carbons (Fsp3) is 0.818. The summed E-state index contributed by atoms with van der Waals surface area (Å²) in [7, 11) is 0. The third-order valence-corrected chi connectivity index (χ3v) is 3.27. The van der Waals surface area contributed by atoms with Gasteiger partial charge in [0.25, 0.3) is 0 Å². The largest absolute Gasteiger partial charge is 0.307 e. The Morgan fingerprint density at radius 1 is 1.33 bits per heavy atom. The standard InChI is InChI=1S/C11H18N4/c1-2-9(1)5-6-15-11(13-8-14-15)7-12-10-3-4-10/h8-10,12H,1-7H2. The number of nitrogens with zero attached hydrogens (tertiary/aromatic N) is 3. The van der Waals surface area contributed by atoms with Crippen molar-refractivity contribution < 1.29 is 0 Å². The fourth-order valence-corrected chi connectivity index (χ4v) is 1.85. The van der Waals surface area contributed by atoms with E-state index in [1.807, 2.05) is 0 Å². The Labute approximate surface area is 90.1 Å². The first-order chi connectivity index (χ1) is 7.42. The van der Waals surface area contributed by atoms with Crippen LogP contribution in [0.1, 0.15) is 37.9 Å². The molecule has 0 saturated heterocycles. The highest BCUT2D eigenvalue weighted by Gasteiger charge is 2.22. The normalized spacial score (nSPS) is 20.8. The molecule has 2 fully saturated rings. The van der Waals surface area contributed by atoms with Crippen molar-refractivity contribution in [2.45, 2.75) is 51.2 Å². The number of rotatable bonds is 6. The van der Waals surface area contributed by atoms with Crippen LogP contribution in [0.3, 0.4) is 0 Å². The van der Waals surface area contributed by atoms with E-state index in [1.54, 1.807) is 6.33 Å². The summed E-state index contributed by atoms with van der Waals surface area (Å²) in [6.45, 7) is 1.93. The van der Waals surface area contributed by atoms with Gasteiger partial charge in [-0.1, -0.05) is 12.8 Å². The molecule has 0 aliphatic heterocycles. The molecule has 0 spiro atoms. The Balaban J connectivity index is 1.52. The molecule has 1 aromatic heterocycles. The second kappa shape index (κ2) is 3.93. The molecule has 1 aromatic rings. The predicted octanol–water partition coefficient (Wildman–Crippen LogP) is 1.33. The molecule has 0 radical (unpaired) electrons. The summed E-state index contributed by atoms with van der Waals surface area (Å²) in [4.78, 5) is 4.30. The van der Waals surface area contributed by atoms with Crippen molar-refractivity contribution in [1.29, 1.82) is 0 Å². The Hall–Kier alpha value is -0.900. The molecule has 3 rings (SSSR count). The van der Waals surface area contributed by atoms with Gasteiger partial charge in [-0.3, -0.25) is 0 Å². The molecular formula is C11H18N4. The molecule has 2 saturated carbocycles. The van der Waals surface area contributed by atoms with E-state index < -0.39 is 0 Å². The van der Waals surface area contributed by atoms with Gasteiger partial charge in [-0.25, -0.2) is 9.67 Å². The first-order valence-corrected chi connectivity index (χ1v) is 6.02. The van der Waals surface area contributed by atoms with Gasteiger partial charge in [0.1, 0.15) is 12.2 Å².